The lowest BCUT2D eigenvalue weighted by Gasteiger charge is -2.34. The Morgan fingerprint density at radius 3 is 2.58 bits per heavy atom. The molecule has 3 N–H and O–H groups in total. The molecule has 0 aromatic rings. The SMILES string of the molecule is CCOC(=O)CCNC(=O)C1(C(N)=S)CCOCC1. The van der Waals surface area contributed by atoms with Gasteiger partial charge in [-0.05, 0) is 19.8 Å². The van der Waals surface area contributed by atoms with Gasteiger partial charge in [-0.3, -0.25) is 9.59 Å². The predicted molar refractivity (Wildman–Crippen MR) is 73.5 cm³/mol. The summed E-state index contributed by atoms with van der Waals surface area (Å²) in [5, 5.41) is 2.70. The minimum absolute atomic E-state index is 0.142. The molecule has 108 valence electrons. The third kappa shape index (κ3) is 4.14. The van der Waals surface area contributed by atoms with Crippen LogP contribution in [0.15, 0.2) is 0 Å². The Balaban J connectivity index is 2.49. The Morgan fingerprint density at radius 2 is 2.05 bits per heavy atom. The number of amides is 1. The molecule has 6 nitrogen and oxygen atoms in total. The van der Waals surface area contributed by atoms with Crippen LogP contribution in [0, 0.1) is 5.41 Å². The number of esters is 1. The second kappa shape index (κ2) is 7.40. The number of ether oxygens (including phenoxy) is 2. The van der Waals surface area contributed by atoms with Crippen LogP contribution in [0.5, 0.6) is 0 Å². The normalized spacial score (nSPS) is 17.5. The Kier molecular flexibility index (Phi) is 6.17. The first-order valence-corrected chi connectivity index (χ1v) is 6.75. The topological polar surface area (TPSA) is 90.7 Å². The minimum Gasteiger partial charge on any atom is -0.466 e. The number of carbonyl (C=O) groups excluding carboxylic acids is 2. The van der Waals surface area contributed by atoms with E-state index in [0.29, 0.717) is 32.7 Å². The van der Waals surface area contributed by atoms with E-state index < -0.39 is 5.41 Å². The van der Waals surface area contributed by atoms with Crippen LogP contribution in [-0.4, -0.2) is 43.2 Å². The molecular formula is C12H20N2O4S. The molecule has 19 heavy (non-hydrogen) atoms. The smallest absolute Gasteiger partial charge is 0.307 e. The predicted octanol–water partition coefficient (Wildman–Crippen LogP) is 0.139. The maximum absolute atomic E-state index is 12.2. The van der Waals surface area contributed by atoms with E-state index in [1.54, 1.807) is 6.92 Å². The molecule has 0 spiro atoms. The van der Waals surface area contributed by atoms with Crippen molar-refractivity contribution in [1.82, 2.24) is 5.32 Å². The summed E-state index contributed by atoms with van der Waals surface area (Å²) in [6, 6.07) is 0. The first-order valence-electron chi connectivity index (χ1n) is 6.34. The summed E-state index contributed by atoms with van der Waals surface area (Å²) < 4.78 is 10.0. The van der Waals surface area contributed by atoms with E-state index in [9.17, 15) is 9.59 Å². The molecule has 0 radical (unpaired) electrons. The highest BCUT2D eigenvalue weighted by molar-refractivity contribution is 7.80. The molecule has 1 rings (SSSR count). The van der Waals surface area contributed by atoms with Crippen LogP contribution in [0.3, 0.4) is 0 Å². The van der Waals surface area contributed by atoms with Crippen molar-refractivity contribution < 1.29 is 19.1 Å². The summed E-state index contributed by atoms with van der Waals surface area (Å²) in [5.41, 5.74) is 4.86. The van der Waals surface area contributed by atoms with Gasteiger partial charge in [-0.15, -0.1) is 0 Å². The van der Waals surface area contributed by atoms with Crippen molar-refractivity contribution in [2.75, 3.05) is 26.4 Å². The van der Waals surface area contributed by atoms with E-state index in [1.165, 1.54) is 0 Å². The van der Waals surface area contributed by atoms with E-state index in [2.05, 4.69) is 5.32 Å². The summed E-state index contributed by atoms with van der Waals surface area (Å²) in [6.07, 6.45) is 1.10. The number of rotatable bonds is 6. The van der Waals surface area contributed by atoms with E-state index in [-0.39, 0.29) is 29.8 Å². The third-order valence-corrected chi connectivity index (χ3v) is 3.56. The summed E-state index contributed by atoms with van der Waals surface area (Å²) in [4.78, 5) is 23.6. The number of nitrogens with one attached hydrogen (secondary N) is 1. The first-order chi connectivity index (χ1) is 9.03. The lowest BCUT2D eigenvalue weighted by atomic mass is 9.79. The van der Waals surface area contributed by atoms with Gasteiger partial charge in [-0.1, -0.05) is 12.2 Å². The number of carbonyl (C=O) groups is 2. The summed E-state index contributed by atoms with van der Waals surface area (Å²) in [5.74, 6) is -0.563. The van der Waals surface area contributed by atoms with Gasteiger partial charge < -0.3 is 20.5 Å². The number of hydrogen-bond acceptors (Lipinski definition) is 5. The lowest BCUT2D eigenvalue weighted by molar-refractivity contribution is -0.143. The van der Waals surface area contributed by atoms with Crippen molar-refractivity contribution in [1.29, 1.82) is 0 Å². The van der Waals surface area contributed by atoms with E-state index in [1.807, 2.05) is 0 Å². The molecule has 0 aliphatic carbocycles. The van der Waals surface area contributed by atoms with E-state index in [4.69, 9.17) is 27.4 Å². The number of nitrogens with two attached hydrogens (primary N) is 1. The number of hydrogen-bond donors (Lipinski definition) is 2. The molecule has 1 aliphatic rings. The molecule has 1 heterocycles. The second-order valence-electron chi connectivity index (χ2n) is 4.37. The van der Waals surface area contributed by atoms with Gasteiger partial charge in [0.1, 0.15) is 5.41 Å². The van der Waals surface area contributed by atoms with Gasteiger partial charge in [0, 0.05) is 19.8 Å². The van der Waals surface area contributed by atoms with Gasteiger partial charge >= 0.3 is 5.97 Å². The van der Waals surface area contributed by atoms with Crippen LogP contribution >= 0.6 is 12.2 Å². The summed E-state index contributed by atoms with van der Waals surface area (Å²) in [6.45, 7) is 3.22. The first kappa shape index (κ1) is 15.8. The highest BCUT2D eigenvalue weighted by Crippen LogP contribution is 2.31. The van der Waals surface area contributed by atoms with Crippen molar-refractivity contribution in [3.05, 3.63) is 0 Å². The molecule has 0 atom stereocenters. The van der Waals surface area contributed by atoms with E-state index in [0.717, 1.165) is 0 Å². The molecule has 7 heteroatoms. The van der Waals surface area contributed by atoms with Crippen LogP contribution in [0.1, 0.15) is 26.2 Å². The minimum atomic E-state index is -0.845. The third-order valence-electron chi connectivity index (χ3n) is 3.17. The Morgan fingerprint density at radius 1 is 1.42 bits per heavy atom. The molecule has 0 unspecified atom stereocenters. The maximum atomic E-state index is 12.2. The largest absolute Gasteiger partial charge is 0.466 e. The van der Waals surface area contributed by atoms with Gasteiger partial charge in [-0.25, -0.2) is 0 Å². The van der Waals surface area contributed by atoms with Gasteiger partial charge in [-0.2, -0.15) is 0 Å². The fraction of sp³-hybridized carbons (Fsp3) is 0.750. The van der Waals surface area contributed by atoms with Crippen molar-refractivity contribution in [3.8, 4) is 0 Å². The van der Waals surface area contributed by atoms with Crippen molar-refractivity contribution in [3.63, 3.8) is 0 Å². The van der Waals surface area contributed by atoms with Crippen LogP contribution in [0.4, 0.5) is 0 Å². The average molecular weight is 288 g/mol. The zero-order valence-corrected chi connectivity index (χ0v) is 11.9. The zero-order chi connectivity index (χ0) is 14.3. The van der Waals surface area contributed by atoms with Crippen molar-refractivity contribution >= 4 is 29.1 Å². The van der Waals surface area contributed by atoms with Gasteiger partial charge in [0.05, 0.1) is 18.0 Å². The van der Waals surface area contributed by atoms with E-state index >= 15 is 0 Å². The summed E-state index contributed by atoms with van der Waals surface area (Å²) >= 11 is 5.02. The highest BCUT2D eigenvalue weighted by atomic mass is 32.1. The summed E-state index contributed by atoms with van der Waals surface area (Å²) in [7, 11) is 0. The fourth-order valence-corrected chi connectivity index (χ4v) is 2.28. The molecule has 1 aliphatic heterocycles. The van der Waals surface area contributed by atoms with Crippen molar-refractivity contribution in [2.24, 2.45) is 11.1 Å². The Labute approximate surface area is 118 Å². The average Bonchev–Trinajstić information content (AvgIpc) is 2.39. The van der Waals surface area contributed by atoms with Gasteiger partial charge in [0.15, 0.2) is 0 Å². The van der Waals surface area contributed by atoms with Crippen LogP contribution in [0.25, 0.3) is 0 Å². The Bertz CT molecular complexity index is 354. The molecule has 0 bridgehead atoms. The van der Waals surface area contributed by atoms with Gasteiger partial charge in [0.2, 0.25) is 5.91 Å². The quantitative estimate of drug-likeness (QED) is 0.533. The monoisotopic (exact) mass is 288 g/mol. The van der Waals surface area contributed by atoms with Crippen molar-refractivity contribution in [2.45, 2.75) is 26.2 Å². The number of thiocarbonyl (C=S) groups is 1. The zero-order valence-electron chi connectivity index (χ0n) is 11.1. The van der Waals surface area contributed by atoms with Crippen LogP contribution in [0.2, 0.25) is 0 Å². The molecular weight excluding hydrogens is 268 g/mol. The Hall–Kier alpha value is -1.21. The molecule has 0 aromatic carbocycles. The van der Waals surface area contributed by atoms with Crippen LogP contribution in [-0.2, 0) is 19.1 Å². The molecule has 1 saturated heterocycles. The molecule has 1 fully saturated rings. The van der Waals surface area contributed by atoms with Crippen LogP contribution < -0.4 is 11.1 Å². The molecule has 0 saturated carbocycles. The highest BCUT2D eigenvalue weighted by Gasteiger charge is 2.42. The molecule has 0 aromatic heterocycles. The standard InChI is InChI=1S/C12H20N2O4S/c1-2-18-9(15)3-6-14-11(16)12(10(13)19)4-7-17-8-5-12/h2-8H2,1H3,(H2,13,19)(H,14,16). The maximum Gasteiger partial charge on any atom is 0.307 e. The molecule has 1 amide bonds. The lowest BCUT2D eigenvalue weighted by Crippen LogP contribution is -2.52. The van der Waals surface area contributed by atoms with Gasteiger partial charge in [0.25, 0.3) is 0 Å². The fourth-order valence-electron chi connectivity index (χ4n) is 1.99. The second-order valence-corrected chi connectivity index (χ2v) is 4.81.